The molecule has 33 heavy (non-hydrogen) atoms. The molecule has 178 valence electrons. The largest absolute Gasteiger partial charge is 0.369 e. The lowest BCUT2D eigenvalue weighted by Crippen LogP contribution is -2.46. The highest BCUT2D eigenvalue weighted by Crippen LogP contribution is 2.44. The first-order chi connectivity index (χ1) is 15.7. The molecule has 0 aliphatic carbocycles. The van der Waals surface area contributed by atoms with Gasteiger partial charge in [0.2, 0.25) is 15.9 Å². The molecule has 0 bridgehead atoms. The van der Waals surface area contributed by atoms with Crippen LogP contribution in [0.3, 0.4) is 0 Å². The van der Waals surface area contributed by atoms with Gasteiger partial charge in [-0.15, -0.1) is 0 Å². The highest BCUT2D eigenvalue weighted by molar-refractivity contribution is 7.89. The molecule has 3 N–H and O–H groups in total. The van der Waals surface area contributed by atoms with Crippen molar-refractivity contribution >= 4 is 38.9 Å². The zero-order chi connectivity index (χ0) is 23.6. The first kappa shape index (κ1) is 24.0. The second-order valence-electron chi connectivity index (χ2n) is 8.91. The number of halogens is 1. The topological polar surface area (TPSA) is 95.7 Å². The zero-order valence-electron chi connectivity index (χ0n) is 18.9. The van der Waals surface area contributed by atoms with Gasteiger partial charge >= 0.3 is 0 Å². The molecule has 9 heteroatoms. The lowest BCUT2D eigenvalue weighted by molar-refractivity contribution is -0.121. The number of hydrogen-bond donors (Lipinski definition) is 2. The number of benzene rings is 2. The number of piperazine rings is 1. The Hall–Kier alpha value is -2.13. The molecule has 1 unspecified atom stereocenters. The fourth-order valence-corrected chi connectivity index (χ4v) is 5.73. The minimum absolute atomic E-state index is 0.0492. The predicted octanol–water partition coefficient (Wildman–Crippen LogP) is 3.58. The van der Waals surface area contributed by atoms with Gasteiger partial charge in [0.25, 0.3) is 0 Å². The third kappa shape index (κ3) is 5.04. The number of nitrogens with zero attached hydrogens (tertiary/aromatic N) is 2. The average molecular weight is 491 g/mol. The molecular weight excluding hydrogens is 460 g/mol. The predicted molar refractivity (Wildman–Crippen MR) is 132 cm³/mol. The Balaban J connectivity index is 1.33. The van der Waals surface area contributed by atoms with Gasteiger partial charge in [0.15, 0.2) is 0 Å². The SMILES string of the molecule is CCC1(CCCCN2CCN(c3cccc(Cl)c3)CC2)C(=O)Nc2ccc(S(N)(=O)=O)cc21. The third-order valence-electron chi connectivity index (χ3n) is 7.00. The number of amides is 1. The van der Waals surface area contributed by atoms with Gasteiger partial charge in [0.1, 0.15) is 0 Å². The average Bonchev–Trinajstić information content (AvgIpc) is 3.07. The fourth-order valence-electron chi connectivity index (χ4n) is 5.01. The standard InChI is InChI=1S/C24H31ClN4O3S/c1-2-24(21-17-20(33(26,31)32)8-9-22(21)27-23(24)30)10-3-4-11-28-12-14-29(15-13-28)19-7-5-6-18(25)16-19/h5-9,16-17H,2-4,10-15H2,1H3,(H,27,30)(H2,26,31,32). The molecule has 0 spiro atoms. The summed E-state index contributed by atoms with van der Waals surface area (Å²) in [5.41, 5.74) is 1.89. The van der Waals surface area contributed by atoms with Crippen molar-refractivity contribution in [1.82, 2.24) is 4.90 Å². The summed E-state index contributed by atoms with van der Waals surface area (Å²) in [5.74, 6) is -0.0540. The number of anilines is 2. The van der Waals surface area contributed by atoms with Gasteiger partial charge in [0.05, 0.1) is 10.3 Å². The van der Waals surface area contributed by atoms with Crippen LogP contribution in [0.25, 0.3) is 0 Å². The lowest BCUT2D eigenvalue weighted by atomic mass is 9.75. The van der Waals surface area contributed by atoms with Crippen molar-refractivity contribution in [1.29, 1.82) is 0 Å². The van der Waals surface area contributed by atoms with Crippen molar-refractivity contribution in [2.45, 2.75) is 42.9 Å². The maximum atomic E-state index is 12.9. The summed E-state index contributed by atoms with van der Waals surface area (Å²) in [6, 6.07) is 12.6. The molecule has 0 aromatic heterocycles. The molecule has 2 heterocycles. The minimum atomic E-state index is -3.82. The second kappa shape index (κ2) is 9.62. The molecule has 2 aromatic carbocycles. The van der Waals surface area contributed by atoms with E-state index >= 15 is 0 Å². The van der Waals surface area contributed by atoms with Crippen LogP contribution in [0.15, 0.2) is 47.4 Å². The van der Waals surface area contributed by atoms with Gasteiger partial charge in [0, 0.05) is 42.6 Å². The van der Waals surface area contributed by atoms with E-state index in [-0.39, 0.29) is 10.8 Å². The molecule has 4 rings (SSSR count). The van der Waals surface area contributed by atoms with E-state index < -0.39 is 15.4 Å². The molecule has 2 aliphatic heterocycles. The molecule has 1 saturated heterocycles. The summed E-state index contributed by atoms with van der Waals surface area (Å²) in [5, 5.41) is 9.02. The van der Waals surface area contributed by atoms with Crippen LogP contribution < -0.4 is 15.4 Å². The summed E-state index contributed by atoms with van der Waals surface area (Å²) >= 11 is 6.13. The Bertz CT molecular complexity index is 1130. The minimum Gasteiger partial charge on any atom is -0.369 e. The zero-order valence-corrected chi connectivity index (χ0v) is 20.5. The molecule has 0 saturated carbocycles. The summed E-state index contributed by atoms with van der Waals surface area (Å²) in [6.45, 7) is 6.87. The molecule has 1 fully saturated rings. The Morgan fingerprint density at radius 1 is 1.09 bits per heavy atom. The molecule has 2 aromatic rings. The highest BCUT2D eigenvalue weighted by Gasteiger charge is 2.45. The van der Waals surface area contributed by atoms with Crippen molar-refractivity contribution < 1.29 is 13.2 Å². The van der Waals surface area contributed by atoms with E-state index in [0.717, 1.165) is 61.8 Å². The molecular formula is C24H31ClN4O3S. The van der Waals surface area contributed by atoms with Gasteiger partial charge < -0.3 is 10.2 Å². The van der Waals surface area contributed by atoms with Crippen molar-refractivity contribution in [3.05, 3.63) is 53.1 Å². The van der Waals surface area contributed by atoms with Crippen LogP contribution >= 0.6 is 11.6 Å². The second-order valence-corrected chi connectivity index (χ2v) is 10.9. The third-order valence-corrected chi connectivity index (χ3v) is 8.14. The van der Waals surface area contributed by atoms with Crippen LogP contribution in [-0.2, 0) is 20.2 Å². The van der Waals surface area contributed by atoms with E-state index in [9.17, 15) is 13.2 Å². The number of unbranched alkanes of at least 4 members (excludes halogenated alkanes) is 1. The van der Waals surface area contributed by atoms with Gasteiger partial charge in [-0.05, 0) is 67.8 Å². The van der Waals surface area contributed by atoms with E-state index in [1.807, 2.05) is 25.1 Å². The Labute approximate surface area is 200 Å². The van der Waals surface area contributed by atoms with E-state index in [1.165, 1.54) is 6.07 Å². The number of primary sulfonamides is 1. The lowest BCUT2D eigenvalue weighted by Gasteiger charge is -2.36. The number of carbonyl (C=O) groups excluding carboxylic acids is 1. The normalized spacial score (nSPS) is 21.2. The summed E-state index contributed by atoms with van der Waals surface area (Å²) in [6.07, 6.45) is 3.16. The highest BCUT2D eigenvalue weighted by atomic mass is 35.5. The van der Waals surface area contributed by atoms with Crippen LogP contribution in [-0.4, -0.2) is 51.9 Å². The molecule has 1 amide bonds. The van der Waals surface area contributed by atoms with Crippen LogP contribution in [0, 0.1) is 0 Å². The quantitative estimate of drug-likeness (QED) is 0.551. The summed E-state index contributed by atoms with van der Waals surface area (Å²) < 4.78 is 23.7. The van der Waals surface area contributed by atoms with Gasteiger partial charge in [-0.1, -0.05) is 31.0 Å². The van der Waals surface area contributed by atoms with Crippen LogP contribution in [0.4, 0.5) is 11.4 Å². The number of carbonyl (C=O) groups is 1. The smallest absolute Gasteiger partial charge is 0.238 e. The van der Waals surface area contributed by atoms with Gasteiger partial charge in [-0.2, -0.15) is 0 Å². The molecule has 1 atom stereocenters. The van der Waals surface area contributed by atoms with Crippen molar-refractivity contribution in [3.8, 4) is 0 Å². The number of hydrogen-bond acceptors (Lipinski definition) is 5. The summed E-state index contributed by atoms with van der Waals surface area (Å²) in [7, 11) is -3.82. The fraction of sp³-hybridized carbons (Fsp3) is 0.458. The number of nitrogens with one attached hydrogen (secondary N) is 1. The molecule has 0 radical (unpaired) electrons. The van der Waals surface area contributed by atoms with Crippen LogP contribution in [0.1, 0.15) is 38.2 Å². The Morgan fingerprint density at radius 3 is 2.52 bits per heavy atom. The van der Waals surface area contributed by atoms with Crippen molar-refractivity contribution in [3.63, 3.8) is 0 Å². The van der Waals surface area contributed by atoms with Crippen LogP contribution in [0.5, 0.6) is 0 Å². The van der Waals surface area contributed by atoms with E-state index in [4.69, 9.17) is 16.7 Å². The number of sulfonamides is 1. The van der Waals surface area contributed by atoms with E-state index in [1.54, 1.807) is 12.1 Å². The number of nitrogens with two attached hydrogens (primary N) is 1. The van der Waals surface area contributed by atoms with E-state index in [2.05, 4.69) is 21.2 Å². The maximum Gasteiger partial charge on any atom is 0.238 e. The molecule has 2 aliphatic rings. The number of fused-ring (bicyclic) bond motifs is 1. The summed E-state index contributed by atoms with van der Waals surface area (Å²) in [4.78, 5) is 17.8. The number of rotatable bonds is 8. The Kier molecular flexibility index (Phi) is 7.00. The van der Waals surface area contributed by atoms with Crippen molar-refractivity contribution in [2.75, 3.05) is 42.9 Å². The first-order valence-electron chi connectivity index (χ1n) is 11.4. The first-order valence-corrected chi connectivity index (χ1v) is 13.4. The van der Waals surface area contributed by atoms with Gasteiger partial charge in [-0.3, -0.25) is 9.69 Å². The van der Waals surface area contributed by atoms with Crippen molar-refractivity contribution in [2.24, 2.45) is 5.14 Å². The maximum absolute atomic E-state index is 12.9. The molecule has 7 nitrogen and oxygen atoms in total. The van der Waals surface area contributed by atoms with Gasteiger partial charge in [-0.25, -0.2) is 13.6 Å². The monoisotopic (exact) mass is 490 g/mol. The van der Waals surface area contributed by atoms with E-state index in [0.29, 0.717) is 18.5 Å². The van der Waals surface area contributed by atoms with Crippen LogP contribution in [0.2, 0.25) is 5.02 Å². The Morgan fingerprint density at radius 2 is 1.85 bits per heavy atom.